The van der Waals surface area contributed by atoms with Gasteiger partial charge in [0, 0.05) is 0 Å². The van der Waals surface area contributed by atoms with E-state index in [0.29, 0.717) is 0 Å². The van der Waals surface area contributed by atoms with E-state index >= 15 is 0 Å². The first-order chi connectivity index (χ1) is 6.90. The summed E-state index contributed by atoms with van der Waals surface area (Å²) in [7, 11) is 0. The van der Waals surface area contributed by atoms with E-state index in [4.69, 9.17) is 4.74 Å². The van der Waals surface area contributed by atoms with Crippen LogP contribution in [0.3, 0.4) is 0 Å². The minimum atomic E-state index is -0.106. The van der Waals surface area contributed by atoms with Gasteiger partial charge in [0.15, 0.2) is 6.29 Å². The standard InChI is InChI=1S/C12H18O2/c13-9-12-11(14-12)8-4-7-10-5-2-1-3-6-10/h4,7,9-12H,1-3,5-6,8H2/b7-4+. The van der Waals surface area contributed by atoms with Crippen LogP contribution in [-0.2, 0) is 9.53 Å². The Morgan fingerprint density at radius 3 is 2.64 bits per heavy atom. The predicted octanol–water partition coefficient (Wildman–Crippen LogP) is 2.48. The molecule has 0 amide bonds. The molecule has 1 saturated heterocycles. The summed E-state index contributed by atoms with van der Waals surface area (Å²) in [5.74, 6) is 0.789. The molecule has 2 fully saturated rings. The van der Waals surface area contributed by atoms with E-state index in [1.54, 1.807) is 0 Å². The third kappa shape index (κ3) is 2.68. The number of rotatable bonds is 4. The van der Waals surface area contributed by atoms with Crippen LogP contribution >= 0.6 is 0 Å². The highest BCUT2D eigenvalue weighted by Crippen LogP contribution is 2.27. The molecule has 14 heavy (non-hydrogen) atoms. The van der Waals surface area contributed by atoms with Gasteiger partial charge < -0.3 is 9.53 Å². The van der Waals surface area contributed by atoms with Gasteiger partial charge in [0.05, 0.1) is 6.10 Å². The summed E-state index contributed by atoms with van der Waals surface area (Å²) in [6, 6.07) is 0. The maximum absolute atomic E-state index is 10.3. The fraction of sp³-hybridized carbons (Fsp3) is 0.750. The normalized spacial score (nSPS) is 33.4. The summed E-state index contributed by atoms with van der Waals surface area (Å²) < 4.78 is 5.14. The molecule has 2 unspecified atom stereocenters. The minimum Gasteiger partial charge on any atom is -0.361 e. The van der Waals surface area contributed by atoms with Crippen molar-refractivity contribution in [2.75, 3.05) is 0 Å². The second kappa shape index (κ2) is 4.74. The fourth-order valence-electron chi connectivity index (χ4n) is 2.20. The largest absolute Gasteiger partial charge is 0.361 e. The molecule has 2 heteroatoms. The Morgan fingerprint density at radius 1 is 1.21 bits per heavy atom. The van der Waals surface area contributed by atoms with Crippen molar-refractivity contribution < 1.29 is 9.53 Å². The molecule has 2 rings (SSSR count). The minimum absolute atomic E-state index is 0.106. The zero-order valence-corrected chi connectivity index (χ0v) is 8.52. The van der Waals surface area contributed by atoms with Gasteiger partial charge in [-0.2, -0.15) is 0 Å². The van der Waals surface area contributed by atoms with Gasteiger partial charge in [-0.05, 0) is 25.2 Å². The molecular weight excluding hydrogens is 176 g/mol. The number of epoxide rings is 1. The van der Waals surface area contributed by atoms with Crippen LogP contribution in [0.25, 0.3) is 0 Å². The zero-order chi connectivity index (χ0) is 9.80. The smallest absolute Gasteiger partial charge is 0.151 e. The summed E-state index contributed by atoms with van der Waals surface area (Å²) in [6.45, 7) is 0. The van der Waals surface area contributed by atoms with Gasteiger partial charge >= 0.3 is 0 Å². The summed E-state index contributed by atoms with van der Waals surface area (Å²) in [5.41, 5.74) is 0. The molecular formula is C12H18O2. The highest BCUT2D eigenvalue weighted by molar-refractivity contribution is 5.60. The first-order valence-electron chi connectivity index (χ1n) is 5.67. The third-order valence-corrected chi connectivity index (χ3v) is 3.18. The van der Waals surface area contributed by atoms with Crippen molar-refractivity contribution in [3.63, 3.8) is 0 Å². The quantitative estimate of drug-likeness (QED) is 0.391. The van der Waals surface area contributed by atoms with Gasteiger partial charge in [0.2, 0.25) is 0 Å². The molecule has 2 nitrogen and oxygen atoms in total. The number of ether oxygens (including phenoxy) is 1. The van der Waals surface area contributed by atoms with E-state index in [1.165, 1.54) is 32.1 Å². The van der Waals surface area contributed by atoms with Crippen LogP contribution in [0, 0.1) is 5.92 Å². The van der Waals surface area contributed by atoms with Gasteiger partial charge in [-0.15, -0.1) is 0 Å². The van der Waals surface area contributed by atoms with Crippen LogP contribution in [0.4, 0.5) is 0 Å². The van der Waals surface area contributed by atoms with Crippen molar-refractivity contribution >= 4 is 6.29 Å². The number of aldehydes is 1. The van der Waals surface area contributed by atoms with Crippen LogP contribution < -0.4 is 0 Å². The van der Waals surface area contributed by atoms with Gasteiger partial charge in [-0.25, -0.2) is 0 Å². The number of hydrogen-bond acceptors (Lipinski definition) is 2. The first kappa shape index (κ1) is 9.91. The van der Waals surface area contributed by atoms with E-state index in [0.717, 1.165) is 18.6 Å². The van der Waals surface area contributed by atoms with E-state index in [-0.39, 0.29) is 12.2 Å². The molecule has 0 bridgehead atoms. The molecule has 0 radical (unpaired) electrons. The van der Waals surface area contributed by atoms with Crippen LogP contribution in [0.2, 0.25) is 0 Å². The highest BCUT2D eigenvalue weighted by Gasteiger charge is 2.37. The van der Waals surface area contributed by atoms with Crippen molar-refractivity contribution in [2.45, 2.75) is 50.7 Å². The van der Waals surface area contributed by atoms with Crippen molar-refractivity contribution in [2.24, 2.45) is 5.92 Å². The molecule has 1 saturated carbocycles. The molecule has 78 valence electrons. The number of allylic oxidation sites excluding steroid dienone is 1. The van der Waals surface area contributed by atoms with Crippen molar-refractivity contribution in [3.8, 4) is 0 Å². The second-order valence-electron chi connectivity index (χ2n) is 4.34. The zero-order valence-electron chi connectivity index (χ0n) is 8.52. The second-order valence-corrected chi connectivity index (χ2v) is 4.34. The molecule has 2 aliphatic rings. The Bertz CT molecular complexity index is 216. The predicted molar refractivity (Wildman–Crippen MR) is 55.1 cm³/mol. The van der Waals surface area contributed by atoms with Gasteiger partial charge in [0.1, 0.15) is 6.10 Å². The van der Waals surface area contributed by atoms with E-state index < -0.39 is 0 Å². The van der Waals surface area contributed by atoms with Crippen LogP contribution in [-0.4, -0.2) is 18.5 Å². The van der Waals surface area contributed by atoms with E-state index in [9.17, 15) is 4.79 Å². The monoisotopic (exact) mass is 194 g/mol. The van der Waals surface area contributed by atoms with Crippen LogP contribution in [0.1, 0.15) is 38.5 Å². The lowest BCUT2D eigenvalue weighted by Crippen LogP contribution is -2.02. The van der Waals surface area contributed by atoms with Gasteiger partial charge in [0.25, 0.3) is 0 Å². The molecule has 0 aromatic rings. The van der Waals surface area contributed by atoms with E-state index in [2.05, 4.69) is 12.2 Å². The SMILES string of the molecule is O=CC1OC1C/C=C/C1CCCCC1. The Morgan fingerprint density at radius 2 is 2.00 bits per heavy atom. The van der Waals surface area contributed by atoms with Crippen molar-refractivity contribution in [1.29, 1.82) is 0 Å². The molecule has 0 N–H and O–H groups in total. The molecule has 1 aliphatic carbocycles. The summed E-state index contributed by atoms with van der Waals surface area (Å²) >= 11 is 0. The lowest BCUT2D eigenvalue weighted by Gasteiger charge is -2.17. The van der Waals surface area contributed by atoms with Gasteiger partial charge in [-0.1, -0.05) is 31.4 Å². The summed E-state index contributed by atoms with van der Waals surface area (Å²) in [5, 5.41) is 0. The first-order valence-corrected chi connectivity index (χ1v) is 5.67. The van der Waals surface area contributed by atoms with E-state index in [1.807, 2.05) is 0 Å². The summed E-state index contributed by atoms with van der Waals surface area (Å²) in [6.07, 6.45) is 13.3. The average molecular weight is 194 g/mol. The van der Waals surface area contributed by atoms with Crippen LogP contribution in [0.15, 0.2) is 12.2 Å². The van der Waals surface area contributed by atoms with Gasteiger partial charge in [-0.3, -0.25) is 0 Å². The fourth-order valence-corrected chi connectivity index (χ4v) is 2.20. The molecule has 2 atom stereocenters. The third-order valence-electron chi connectivity index (χ3n) is 3.18. The van der Waals surface area contributed by atoms with Crippen molar-refractivity contribution in [3.05, 3.63) is 12.2 Å². The number of carbonyl (C=O) groups excluding carboxylic acids is 1. The molecule has 1 heterocycles. The molecule has 1 aliphatic heterocycles. The van der Waals surface area contributed by atoms with Crippen LogP contribution in [0.5, 0.6) is 0 Å². The maximum atomic E-state index is 10.3. The maximum Gasteiger partial charge on any atom is 0.151 e. The summed E-state index contributed by atoms with van der Waals surface area (Å²) in [4.78, 5) is 10.3. The average Bonchev–Trinajstić information content (AvgIpc) is 2.98. The highest BCUT2D eigenvalue weighted by atomic mass is 16.6. The van der Waals surface area contributed by atoms with Crippen molar-refractivity contribution in [1.82, 2.24) is 0 Å². The lowest BCUT2D eigenvalue weighted by atomic mass is 9.89. The topological polar surface area (TPSA) is 29.6 Å². The Labute approximate surface area is 85.3 Å². The molecule has 0 aromatic heterocycles. The Kier molecular flexibility index (Phi) is 3.35. The Hall–Kier alpha value is -0.630. The number of hydrogen-bond donors (Lipinski definition) is 0. The molecule has 0 aromatic carbocycles. The Balaban J connectivity index is 1.64. The number of carbonyl (C=O) groups is 1. The molecule has 0 spiro atoms. The lowest BCUT2D eigenvalue weighted by molar-refractivity contribution is -0.108.